The predicted molar refractivity (Wildman–Crippen MR) is 76.4 cm³/mol. The first-order valence-electron chi connectivity index (χ1n) is 6.85. The Hall–Kier alpha value is -1.71. The molecule has 1 unspecified atom stereocenters. The van der Waals surface area contributed by atoms with E-state index >= 15 is 0 Å². The Balaban J connectivity index is 1.83. The predicted octanol–water partition coefficient (Wildman–Crippen LogP) is 2.90. The lowest BCUT2D eigenvalue weighted by Crippen LogP contribution is -2.29. The molecule has 1 atom stereocenters. The van der Waals surface area contributed by atoms with Crippen molar-refractivity contribution in [1.82, 2.24) is 10.4 Å². The molecule has 1 aromatic heterocycles. The van der Waals surface area contributed by atoms with Gasteiger partial charge in [-0.05, 0) is 42.0 Å². The van der Waals surface area contributed by atoms with Gasteiger partial charge in [0, 0.05) is 6.20 Å². The number of pyridine rings is 1. The van der Waals surface area contributed by atoms with Crippen LogP contribution in [-0.2, 0) is 0 Å². The fourth-order valence-electron chi connectivity index (χ4n) is 2.60. The summed E-state index contributed by atoms with van der Waals surface area (Å²) in [5.74, 6) is 6.45. The van der Waals surface area contributed by atoms with Gasteiger partial charge in [0.1, 0.15) is 0 Å². The van der Waals surface area contributed by atoms with Crippen molar-refractivity contribution < 1.29 is 0 Å². The summed E-state index contributed by atoms with van der Waals surface area (Å²) in [5.41, 5.74) is 6.40. The van der Waals surface area contributed by atoms with Crippen molar-refractivity contribution in [3.8, 4) is 0 Å². The third kappa shape index (κ3) is 2.53. The van der Waals surface area contributed by atoms with Crippen LogP contribution in [-0.4, -0.2) is 4.98 Å². The van der Waals surface area contributed by atoms with Crippen molar-refractivity contribution in [2.45, 2.75) is 31.2 Å². The van der Waals surface area contributed by atoms with E-state index in [4.69, 9.17) is 5.84 Å². The second kappa shape index (κ2) is 5.51. The topological polar surface area (TPSA) is 50.9 Å². The van der Waals surface area contributed by atoms with E-state index in [1.54, 1.807) is 6.20 Å². The van der Waals surface area contributed by atoms with E-state index < -0.39 is 0 Å². The number of hydrazine groups is 1. The first-order chi connectivity index (χ1) is 9.38. The maximum atomic E-state index is 5.68. The van der Waals surface area contributed by atoms with E-state index in [1.807, 2.05) is 18.2 Å². The van der Waals surface area contributed by atoms with Crippen molar-refractivity contribution in [3.05, 3.63) is 65.5 Å². The summed E-state index contributed by atoms with van der Waals surface area (Å²) in [6.45, 7) is 0. The number of aromatic nitrogens is 1. The molecule has 0 radical (unpaired) electrons. The average molecular weight is 253 g/mol. The minimum atomic E-state index is -0.0448. The molecule has 2 aromatic rings. The van der Waals surface area contributed by atoms with Gasteiger partial charge in [0.2, 0.25) is 0 Å². The Bertz CT molecular complexity index is 517. The molecule has 1 aromatic carbocycles. The Morgan fingerprint density at radius 1 is 1.11 bits per heavy atom. The van der Waals surface area contributed by atoms with Gasteiger partial charge in [0.05, 0.1) is 11.7 Å². The standard InChI is InChI=1S/C16H19N3/c17-19-16(15-6-1-2-11-18-15)14-9-7-13(8-10-14)12-4-3-5-12/h1-2,6-12,16,19H,3-5,17H2. The summed E-state index contributed by atoms with van der Waals surface area (Å²) in [5, 5.41) is 0. The van der Waals surface area contributed by atoms with Gasteiger partial charge >= 0.3 is 0 Å². The largest absolute Gasteiger partial charge is 0.271 e. The molecule has 1 fully saturated rings. The van der Waals surface area contributed by atoms with Crippen LogP contribution in [0.4, 0.5) is 0 Å². The molecule has 1 heterocycles. The number of hydrogen-bond donors (Lipinski definition) is 2. The minimum Gasteiger partial charge on any atom is -0.271 e. The summed E-state index contributed by atoms with van der Waals surface area (Å²) in [6, 6.07) is 14.6. The summed E-state index contributed by atoms with van der Waals surface area (Å²) in [6.07, 6.45) is 5.83. The zero-order valence-electron chi connectivity index (χ0n) is 10.9. The number of nitrogens with zero attached hydrogens (tertiary/aromatic N) is 1. The first kappa shape index (κ1) is 12.3. The van der Waals surface area contributed by atoms with Crippen LogP contribution >= 0.6 is 0 Å². The van der Waals surface area contributed by atoms with E-state index in [9.17, 15) is 0 Å². The molecule has 3 nitrogen and oxygen atoms in total. The molecule has 3 heteroatoms. The SMILES string of the molecule is NNC(c1ccc(C2CCC2)cc1)c1ccccn1. The van der Waals surface area contributed by atoms with E-state index in [-0.39, 0.29) is 6.04 Å². The molecule has 1 aliphatic rings. The smallest absolute Gasteiger partial charge is 0.0881 e. The Morgan fingerprint density at radius 3 is 2.42 bits per heavy atom. The number of rotatable bonds is 4. The number of nitrogens with two attached hydrogens (primary N) is 1. The zero-order chi connectivity index (χ0) is 13.1. The molecule has 0 amide bonds. The van der Waals surface area contributed by atoms with E-state index in [1.165, 1.54) is 24.8 Å². The lowest BCUT2D eigenvalue weighted by atomic mass is 9.80. The van der Waals surface area contributed by atoms with E-state index in [2.05, 4.69) is 34.7 Å². The van der Waals surface area contributed by atoms with Crippen LogP contribution < -0.4 is 11.3 Å². The number of nitrogens with one attached hydrogen (secondary N) is 1. The van der Waals surface area contributed by atoms with Gasteiger partial charge in [0.25, 0.3) is 0 Å². The van der Waals surface area contributed by atoms with Crippen LogP contribution in [0.25, 0.3) is 0 Å². The summed E-state index contributed by atoms with van der Waals surface area (Å²) >= 11 is 0. The molecule has 0 aliphatic heterocycles. The fourth-order valence-corrected chi connectivity index (χ4v) is 2.60. The average Bonchev–Trinajstić information content (AvgIpc) is 2.41. The van der Waals surface area contributed by atoms with Crippen molar-refractivity contribution >= 4 is 0 Å². The molecule has 3 N–H and O–H groups in total. The van der Waals surface area contributed by atoms with Gasteiger partial charge in [-0.1, -0.05) is 36.8 Å². The highest BCUT2D eigenvalue weighted by atomic mass is 15.2. The zero-order valence-corrected chi connectivity index (χ0v) is 10.9. The maximum absolute atomic E-state index is 5.68. The van der Waals surface area contributed by atoms with Crippen molar-refractivity contribution in [3.63, 3.8) is 0 Å². The second-order valence-corrected chi connectivity index (χ2v) is 5.15. The lowest BCUT2D eigenvalue weighted by molar-refractivity contribution is 0.419. The van der Waals surface area contributed by atoms with Crippen LogP contribution in [0.15, 0.2) is 48.7 Å². The third-order valence-corrected chi connectivity index (χ3v) is 4.00. The lowest BCUT2D eigenvalue weighted by Gasteiger charge is -2.26. The highest BCUT2D eigenvalue weighted by Gasteiger charge is 2.20. The first-order valence-corrected chi connectivity index (χ1v) is 6.85. The molecule has 19 heavy (non-hydrogen) atoms. The molecule has 1 saturated carbocycles. The van der Waals surface area contributed by atoms with Gasteiger partial charge in [-0.25, -0.2) is 5.43 Å². The molecule has 0 bridgehead atoms. The Labute approximate surface area is 113 Å². The highest BCUT2D eigenvalue weighted by Crippen LogP contribution is 2.36. The van der Waals surface area contributed by atoms with Gasteiger partial charge in [0.15, 0.2) is 0 Å². The summed E-state index contributed by atoms with van der Waals surface area (Å²) in [4.78, 5) is 4.37. The quantitative estimate of drug-likeness (QED) is 0.650. The number of benzene rings is 1. The van der Waals surface area contributed by atoms with Crippen molar-refractivity contribution in [1.29, 1.82) is 0 Å². The molecular weight excluding hydrogens is 234 g/mol. The minimum absolute atomic E-state index is 0.0448. The molecular formula is C16H19N3. The van der Waals surface area contributed by atoms with Crippen molar-refractivity contribution in [2.24, 2.45) is 5.84 Å². The number of hydrogen-bond acceptors (Lipinski definition) is 3. The second-order valence-electron chi connectivity index (χ2n) is 5.15. The van der Waals surface area contributed by atoms with E-state index in [0.29, 0.717) is 0 Å². The molecule has 0 saturated heterocycles. The monoisotopic (exact) mass is 253 g/mol. The molecule has 98 valence electrons. The summed E-state index contributed by atoms with van der Waals surface area (Å²) < 4.78 is 0. The fraction of sp³-hybridized carbons (Fsp3) is 0.312. The molecule has 3 rings (SSSR count). The Kier molecular flexibility index (Phi) is 3.58. The Morgan fingerprint density at radius 2 is 1.89 bits per heavy atom. The molecule has 0 spiro atoms. The third-order valence-electron chi connectivity index (χ3n) is 4.00. The van der Waals surface area contributed by atoms with Crippen LogP contribution in [0, 0.1) is 0 Å². The van der Waals surface area contributed by atoms with E-state index in [0.717, 1.165) is 17.2 Å². The van der Waals surface area contributed by atoms with Crippen LogP contribution in [0.1, 0.15) is 48.0 Å². The van der Waals surface area contributed by atoms with Crippen molar-refractivity contribution in [2.75, 3.05) is 0 Å². The van der Waals surface area contributed by atoms with Crippen LogP contribution in [0.3, 0.4) is 0 Å². The highest BCUT2D eigenvalue weighted by molar-refractivity contribution is 5.32. The van der Waals surface area contributed by atoms with Gasteiger partial charge in [-0.15, -0.1) is 0 Å². The normalized spacial score (nSPS) is 16.9. The maximum Gasteiger partial charge on any atom is 0.0881 e. The van der Waals surface area contributed by atoms with Crippen LogP contribution in [0.2, 0.25) is 0 Å². The van der Waals surface area contributed by atoms with Crippen LogP contribution in [0.5, 0.6) is 0 Å². The van der Waals surface area contributed by atoms with Gasteiger partial charge < -0.3 is 0 Å². The summed E-state index contributed by atoms with van der Waals surface area (Å²) in [7, 11) is 0. The van der Waals surface area contributed by atoms with Gasteiger partial charge in [-0.2, -0.15) is 0 Å². The molecule has 1 aliphatic carbocycles. The van der Waals surface area contributed by atoms with Gasteiger partial charge in [-0.3, -0.25) is 10.8 Å².